The molecule has 4 nitrogen and oxygen atoms in total. The molecule has 20 heavy (non-hydrogen) atoms. The summed E-state index contributed by atoms with van der Waals surface area (Å²) < 4.78 is 0. The van der Waals surface area contributed by atoms with Crippen LogP contribution >= 0.6 is 0 Å². The summed E-state index contributed by atoms with van der Waals surface area (Å²) in [6.45, 7) is 7.24. The first-order valence-electron chi connectivity index (χ1n) is 7.36. The molecule has 1 aromatic heterocycles. The van der Waals surface area contributed by atoms with Gasteiger partial charge in [-0.15, -0.1) is 0 Å². The standard InChI is InChI=1S/C16H25N3O/c1-14(2)5-7-16(13-20)6-3-10-19(12-16)11-15-17-8-4-9-18-15/h4-5,8-9,20H,3,6-7,10-13H2,1-2H3/t16-/m0/s1. The number of hydrogen-bond donors (Lipinski definition) is 1. The van der Waals surface area contributed by atoms with E-state index in [-0.39, 0.29) is 12.0 Å². The molecule has 0 saturated carbocycles. The van der Waals surface area contributed by atoms with E-state index in [4.69, 9.17) is 0 Å². The minimum absolute atomic E-state index is 0.00427. The van der Waals surface area contributed by atoms with Crippen LogP contribution in [0, 0.1) is 5.41 Å². The van der Waals surface area contributed by atoms with E-state index in [1.165, 1.54) is 5.57 Å². The van der Waals surface area contributed by atoms with Crippen LogP contribution in [0.15, 0.2) is 30.1 Å². The molecule has 1 N–H and O–H groups in total. The topological polar surface area (TPSA) is 49.2 Å². The van der Waals surface area contributed by atoms with Crippen molar-refractivity contribution in [3.8, 4) is 0 Å². The van der Waals surface area contributed by atoms with Gasteiger partial charge in [-0.3, -0.25) is 4.90 Å². The van der Waals surface area contributed by atoms with Crippen LogP contribution in [0.5, 0.6) is 0 Å². The Morgan fingerprint density at radius 1 is 1.40 bits per heavy atom. The van der Waals surface area contributed by atoms with Crippen molar-refractivity contribution in [2.24, 2.45) is 5.41 Å². The predicted octanol–water partition coefficient (Wildman–Crippen LogP) is 2.41. The Bertz CT molecular complexity index is 442. The van der Waals surface area contributed by atoms with Crippen molar-refractivity contribution in [3.63, 3.8) is 0 Å². The van der Waals surface area contributed by atoms with Crippen molar-refractivity contribution in [3.05, 3.63) is 35.9 Å². The van der Waals surface area contributed by atoms with E-state index in [2.05, 4.69) is 34.8 Å². The number of allylic oxidation sites excluding steroid dienone is 2. The molecule has 0 bridgehead atoms. The summed E-state index contributed by atoms with van der Waals surface area (Å²) in [5.74, 6) is 0.864. The molecule has 1 aliphatic rings. The Morgan fingerprint density at radius 2 is 2.15 bits per heavy atom. The fraction of sp³-hybridized carbons (Fsp3) is 0.625. The molecule has 1 saturated heterocycles. The summed E-state index contributed by atoms with van der Waals surface area (Å²) in [6, 6.07) is 1.84. The van der Waals surface area contributed by atoms with Gasteiger partial charge in [0.05, 0.1) is 13.2 Å². The van der Waals surface area contributed by atoms with Gasteiger partial charge in [0.15, 0.2) is 0 Å². The number of aromatic nitrogens is 2. The van der Waals surface area contributed by atoms with Gasteiger partial charge in [0.2, 0.25) is 0 Å². The lowest BCUT2D eigenvalue weighted by Crippen LogP contribution is -2.45. The highest BCUT2D eigenvalue weighted by Gasteiger charge is 2.34. The second-order valence-corrected chi connectivity index (χ2v) is 6.12. The second-order valence-electron chi connectivity index (χ2n) is 6.12. The first-order chi connectivity index (χ1) is 9.63. The highest BCUT2D eigenvalue weighted by Crippen LogP contribution is 2.34. The molecule has 0 spiro atoms. The van der Waals surface area contributed by atoms with E-state index in [1.807, 2.05) is 6.07 Å². The van der Waals surface area contributed by atoms with Crippen LogP contribution in [0.4, 0.5) is 0 Å². The van der Waals surface area contributed by atoms with Gasteiger partial charge in [0.1, 0.15) is 5.82 Å². The third-order valence-corrected chi connectivity index (χ3v) is 4.00. The number of likely N-dealkylation sites (tertiary alicyclic amines) is 1. The quantitative estimate of drug-likeness (QED) is 0.838. The zero-order valence-corrected chi connectivity index (χ0v) is 12.5. The van der Waals surface area contributed by atoms with E-state index in [0.29, 0.717) is 0 Å². The van der Waals surface area contributed by atoms with Gasteiger partial charge in [-0.2, -0.15) is 0 Å². The SMILES string of the molecule is CC(C)=CC[C@@]1(CO)CCCN(Cc2ncccn2)C1. The first-order valence-corrected chi connectivity index (χ1v) is 7.36. The lowest BCUT2D eigenvalue weighted by atomic mass is 9.77. The van der Waals surface area contributed by atoms with Crippen molar-refractivity contribution in [2.75, 3.05) is 19.7 Å². The van der Waals surface area contributed by atoms with Crippen molar-refractivity contribution >= 4 is 0 Å². The first kappa shape index (κ1) is 15.1. The molecule has 0 unspecified atom stereocenters. The highest BCUT2D eigenvalue weighted by atomic mass is 16.3. The van der Waals surface area contributed by atoms with E-state index >= 15 is 0 Å². The molecule has 2 heterocycles. The van der Waals surface area contributed by atoms with Gasteiger partial charge >= 0.3 is 0 Å². The molecule has 2 rings (SSSR count). The molecule has 0 aromatic carbocycles. The molecule has 1 atom stereocenters. The van der Waals surface area contributed by atoms with Crippen LogP contribution in [-0.4, -0.2) is 39.7 Å². The van der Waals surface area contributed by atoms with E-state index in [0.717, 1.165) is 44.7 Å². The molecule has 0 aliphatic carbocycles. The smallest absolute Gasteiger partial charge is 0.142 e. The molecular formula is C16H25N3O. The van der Waals surface area contributed by atoms with Gasteiger partial charge in [-0.1, -0.05) is 11.6 Å². The predicted molar refractivity (Wildman–Crippen MR) is 80.1 cm³/mol. The van der Waals surface area contributed by atoms with Crippen LogP contribution < -0.4 is 0 Å². The summed E-state index contributed by atoms with van der Waals surface area (Å²) in [6.07, 6.45) is 9.00. The maximum absolute atomic E-state index is 9.85. The summed E-state index contributed by atoms with van der Waals surface area (Å²) in [7, 11) is 0. The number of nitrogens with zero attached hydrogens (tertiary/aromatic N) is 3. The average Bonchev–Trinajstić information content (AvgIpc) is 2.47. The lowest BCUT2D eigenvalue weighted by molar-refractivity contribution is 0.0296. The van der Waals surface area contributed by atoms with Gasteiger partial charge in [0, 0.05) is 24.4 Å². The summed E-state index contributed by atoms with van der Waals surface area (Å²) in [4.78, 5) is 11.0. The molecule has 110 valence electrons. The van der Waals surface area contributed by atoms with Gasteiger partial charge in [0.25, 0.3) is 0 Å². The second kappa shape index (κ2) is 6.95. The van der Waals surface area contributed by atoms with Crippen LogP contribution in [-0.2, 0) is 6.54 Å². The fourth-order valence-corrected chi connectivity index (χ4v) is 2.84. The third kappa shape index (κ3) is 4.12. The van der Waals surface area contributed by atoms with Crippen LogP contribution in [0.3, 0.4) is 0 Å². The molecule has 1 fully saturated rings. The minimum atomic E-state index is 0.00427. The van der Waals surface area contributed by atoms with E-state index < -0.39 is 0 Å². The zero-order valence-electron chi connectivity index (χ0n) is 12.5. The number of aliphatic hydroxyl groups excluding tert-OH is 1. The number of aliphatic hydroxyl groups is 1. The summed E-state index contributed by atoms with van der Waals surface area (Å²) >= 11 is 0. The maximum Gasteiger partial charge on any atom is 0.142 e. The molecule has 1 aliphatic heterocycles. The van der Waals surface area contributed by atoms with E-state index in [1.54, 1.807) is 12.4 Å². The van der Waals surface area contributed by atoms with Crippen LogP contribution in [0.25, 0.3) is 0 Å². The Kier molecular flexibility index (Phi) is 5.26. The monoisotopic (exact) mass is 275 g/mol. The summed E-state index contributed by atoms with van der Waals surface area (Å²) in [5.41, 5.74) is 1.32. The normalized spacial score (nSPS) is 23.6. The van der Waals surface area contributed by atoms with E-state index in [9.17, 15) is 5.11 Å². The van der Waals surface area contributed by atoms with Crippen LogP contribution in [0.1, 0.15) is 38.9 Å². The average molecular weight is 275 g/mol. The highest BCUT2D eigenvalue weighted by molar-refractivity contribution is 5.00. The molecule has 0 amide bonds. The van der Waals surface area contributed by atoms with Crippen molar-refractivity contribution in [2.45, 2.75) is 39.7 Å². The van der Waals surface area contributed by atoms with Gasteiger partial charge in [-0.05, 0) is 45.7 Å². The zero-order chi connectivity index (χ0) is 14.4. The molecule has 4 heteroatoms. The molecule has 1 aromatic rings. The van der Waals surface area contributed by atoms with Crippen LogP contribution in [0.2, 0.25) is 0 Å². The van der Waals surface area contributed by atoms with Crippen molar-refractivity contribution in [1.29, 1.82) is 0 Å². The maximum atomic E-state index is 9.85. The number of rotatable bonds is 5. The Balaban J connectivity index is 2.01. The van der Waals surface area contributed by atoms with Gasteiger partial charge in [-0.25, -0.2) is 9.97 Å². The minimum Gasteiger partial charge on any atom is -0.396 e. The number of piperidine rings is 1. The Labute approximate surface area is 121 Å². The fourth-order valence-electron chi connectivity index (χ4n) is 2.84. The number of hydrogen-bond acceptors (Lipinski definition) is 4. The molecular weight excluding hydrogens is 250 g/mol. The molecule has 0 radical (unpaired) electrons. The lowest BCUT2D eigenvalue weighted by Gasteiger charge is -2.41. The third-order valence-electron chi connectivity index (χ3n) is 4.00. The van der Waals surface area contributed by atoms with Crippen molar-refractivity contribution < 1.29 is 5.11 Å². The Hall–Kier alpha value is -1.26. The largest absolute Gasteiger partial charge is 0.396 e. The Morgan fingerprint density at radius 3 is 2.80 bits per heavy atom. The van der Waals surface area contributed by atoms with Crippen molar-refractivity contribution in [1.82, 2.24) is 14.9 Å². The van der Waals surface area contributed by atoms with Gasteiger partial charge < -0.3 is 5.11 Å². The summed E-state index contributed by atoms with van der Waals surface area (Å²) in [5, 5.41) is 9.85.